The van der Waals surface area contributed by atoms with Crippen LogP contribution in [0.1, 0.15) is 24.8 Å². The Morgan fingerprint density at radius 1 is 1.21 bits per heavy atom. The van der Waals surface area contributed by atoms with Crippen LogP contribution in [0.5, 0.6) is 11.5 Å². The van der Waals surface area contributed by atoms with E-state index in [9.17, 15) is 15.0 Å². The van der Waals surface area contributed by atoms with Gasteiger partial charge in [-0.3, -0.25) is 4.79 Å². The largest absolute Gasteiger partial charge is 0.507 e. The van der Waals surface area contributed by atoms with Gasteiger partial charge >= 0.3 is 0 Å². The molecule has 4 rings (SSSR count). The van der Waals surface area contributed by atoms with E-state index in [2.05, 4.69) is 27.8 Å². The molecule has 2 aromatic carbocycles. The number of likely N-dealkylation sites (N-methyl/N-ethyl adjacent to an activating group) is 1. The van der Waals surface area contributed by atoms with E-state index in [4.69, 9.17) is 16.0 Å². The van der Waals surface area contributed by atoms with Crippen LogP contribution in [0.25, 0.3) is 22.3 Å². The third-order valence-electron chi connectivity index (χ3n) is 5.64. The molecule has 1 aliphatic heterocycles. The van der Waals surface area contributed by atoms with Crippen molar-refractivity contribution in [2.24, 2.45) is 0 Å². The molecule has 5 nitrogen and oxygen atoms in total. The molecule has 0 saturated carbocycles. The van der Waals surface area contributed by atoms with Crippen molar-refractivity contribution in [1.82, 2.24) is 4.90 Å². The van der Waals surface area contributed by atoms with E-state index < -0.39 is 0 Å². The van der Waals surface area contributed by atoms with Crippen LogP contribution in [0.4, 0.5) is 0 Å². The third kappa shape index (κ3) is 3.09. The number of hydrogen-bond acceptors (Lipinski definition) is 5. The summed E-state index contributed by atoms with van der Waals surface area (Å²) < 4.78 is 6.91. The van der Waals surface area contributed by atoms with Gasteiger partial charge in [-0.05, 0) is 45.1 Å². The van der Waals surface area contributed by atoms with Crippen molar-refractivity contribution in [3.8, 4) is 22.8 Å². The standard InChI is InChI=1S/C21H19BrClNO4/c1-10-12(5-6-24(10)2)19-15(25)8-16(26)20-17(27)9-18(28-21(19)20)13-4-3-11(22)7-14(13)23/h3-4,7-10,12,25-26H,5-6H2,1-2H3/t10-,12+/m1/s1. The number of hydrogen-bond donors (Lipinski definition) is 2. The van der Waals surface area contributed by atoms with E-state index in [0.717, 1.165) is 17.4 Å². The molecule has 146 valence electrons. The number of aromatic hydroxyl groups is 2. The summed E-state index contributed by atoms with van der Waals surface area (Å²) in [5.74, 6) is -0.0936. The summed E-state index contributed by atoms with van der Waals surface area (Å²) in [6.07, 6.45) is 0.818. The SMILES string of the molecule is C[C@@H]1[C@@H](c2c(O)cc(O)c3c(=O)cc(-c4ccc(Br)cc4Cl)oc23)CCN1C. The molecule has 1 saturated heterocycles. The maximum absolute atomic E-state index is 12.8. The van der Waals surface area contributed by atoms with E-state index in [-0.39, 0.29) is 39.9 Å². The topological polar surface area (TPSA) is 73.9 Å². The zero-order valence-corrected chi connectivity index (χ0v) is 17.7. The first-order valence-electron chi connectivity index (χ1n) is 8.96. The van der Waals surface area contributed by atoms with Gasteiger partial charge in [0.05, 0.1) is 5.02 Å². The first-order chi connectivity index (χ1) is 13.3. The maximum Gasteiger partial charge on any atom is 0.197 e. The number of benzene rings is 2. The monoisotopic (exact) mass is 463 g/mol. The average Bonchev–Trinajstić information content (AvgIpc) is 2.93. The van der Waals surface area contributed by atoms with Crippen LogP contribution in [-0.2, 0) is 0 Å². The highest BCUT2D eigenvalue weighted by Gasteiger charge is 2.34. The van der Waals surface area contributed by atoms with Crippen molar-refractivity contribution in [3.05, 3.63) is 55.6 Å². The summed E-state index contributed by atoms with van der Waals surface area (Å²) in [5, 5.41) is 21.4. The van der Waals surface area contributed by atoms with Crippen molar-refractivity contribution in [1.29, 1.82) is 0 Å². The first-order valence-corrected chi connectivity index (χ1v) is 10.1. The quantitative estimate of drug-likeness (QED) is 0.552. The number of phenolic OH excluding ortho intramolecular Hbond substituents is 2. The van der Waals surface area contributed by atoms with Crippen LogP contribution in [0.15, 0.2) is 44.0 Å². The molecule has 1 fully saturated rings. The third-order valence-corrected chi connectivity index (χ3v) is 6.44. The summed E-state index contributed by atoms with van der Waals surface area (Å²) in [6.45, 7) is 2.94. The Labute approximate surface area is 175 Å². The van der Waals surface area contributed by atoms with Gasteiger partial charge in [0, 0.05) is 39.7 Å². The molecule has 2 heterocycles. The molecule has 0 bridgehead atoms. The van der Waals surface area contributed by atoms with Crippen molar-refractivity contribution in [2.45, 2.75) is 25.3 Å². The molecule has 2 atom stereocenters. The molecule has 0 spiro atoms. The van der Waals surface area contributed by atoms with Crippen LogP contribution in [-0.4, -0.2) is 34.7 Å². The minimum absolute atomic E-state index is 0.0214. The normalized spacial score (nSPS) is 20.1. The molecule has 0 unspecified atom stereocenters. The number of halogens is 2. The molecule has 0 radical (unpaired) electrons. The Morgan fingerprint density at radius 2 is 1.96 bits per heavy atom. The second-order valence-corrected chi connectivity index (χ2v) is 8.57. The van der Waals surface area contributed by atoms with E-state index >= 15 is 0 Å². The number of likely N-dealkylation sites (tertiary alicyclic amines) is 1. The minimum atomic E-state index is -0.381. The van der Waals surface area contributed by atoms with Crippen LogP contribution < -0.4 is 5.43 Å². The Morgan fingerprint density at radius 3 is 2.61 bits per heavy atom. The molecular formula is C21H19BrClNO4. The highest BCUT2D eigenvalue weighted by molar-refractivity contribution is 9.10. The zero-order valence-electron chi connectivity index (χ0n) is 15.4. The van der Waals surface area contributed by atoms with Crippen LogP contribution in [0.3, 0.4) is 0 Å². The molecule has 7 heteroatoms. The summed E-state index contributed by atoms with van der Waals surface area (Å²) in [7, 11) is 2.02. The van der Waals surface area contributed by atoms with E-state index in [1.807, 2.05) is 7.05 Å². The number of fused-ring (bicyclic) bond motifs is 1. The smallest absolute Gasteiger partial charge is 0.197 e. The fraction of sp³-hybridized carbons (Fsp3) is 0.286. The fourth-order valence-corrected chi connectivity index (χ4v) is 4.75. The number of phenols is 2. The second-order valence-electron chi connectivity index (χ2n) is 7.25. The lowest BCUT2D eigenvalue weighted by Gasteiger charge is -2.22. The molecular weight excluding hydrogens is 446 g/mol. The van der Waals surface area contributed by atoms with Crippen LogP contribution in [0, 0.1) is 0 Å². The van der Waals surface area contributed by atoms with Gasteiger partial charge in [0.25, 0.3) is 0 Å². The average molecular weight is 465 g/mol. The second kappa shape index (κ2) is 7.10. The maximum atomic E-state index is 12.8. The van der Waals surface area contributed by atoms with Gasteiger partial charge in [-0.1, -0.05) is 27.5 Å². The fourth-order valence-electron chi connectivity index (χ4n) is 3.98. The minimum Gasteiger partial charge on any atom is -0.507 e. The molecule has 0 aliphatic carbocycles. The molecule has 1 aliphatic rings. The van der Waals surface area contributed by atoms with E-state index in [1.165, 1.54) is 12.1 Å². The highest BCUT2D eigenvalue weighted by Crippen LogP contribution is 2.44. The van der Waals surface area contributed by atoms with Crippen molar-refractivity contribution < 1.29 is 14.6 Å². The lowest BCUT2D eigenvalue weighted by atomic mass is 9.90. The van der Waals surface area contributed by atoms with Gasteiger partial charge in [0.1, 0.15) is 28.2 Å². The lowest BCUT2D eigenvalue weighted by molar-refractivity contribution is 0.315. The molecule has 0 amide bonds. The summed E-state index contributed by atoms with van der Waals surface area (Å²) in [4.78, 5) is 15.0. The van der Waals surface area contributed by atoms with Gasteiger partial charge in [0.15, 0.2) is 5.43 Å². The number of nitrogens with zero attached hydrogens (tertiary/aromatic N) is 1. The lowest BCUT2D eigenvalue weighted by Crippen LogP contribution is -2.25. The predicted octanol–water partition coefficient (Wildman–Crippen LogP) is 5.09. The molecule has 1 aromatic heterocycles. The van der Waals surface area contributed by atoms with Crippen molar-refractivity contribution in [2.75, 3.05) is 13.6 Å². The van der Waals surface area contributed by atoms with Gasteiger partial charge in [-0.2, -0.15) is 0 Å². The predicted molar refractivity (Wildman–Crippen MR) is 113 cm³/mol. The summed E-state index contributed by atoms with van der Waals surface area (Å²) in [6, 6.07) is 7.98. The Hall–Kier alpha value is -2.02. The van der Waals surface area contributed by atoms with Crippen molar-refractivity contribution in [3.63, 3.8) is 0 Å². The van der Waals surface area contributed by atoms with Crippen LogP contribution >= 0.6 is 27.5 Å². The molecule has 2 N–H and O–H groups in total. The summed E-state index contributed by atoms with van der Waals surface area (Å²) >= 11 is 9.70. The van der Waals surface area contributed by atoms with Crippen LogP contribution in [0.2, 0.25) is 5.02 Å². The van der Waals surface area contributed by atoms with Gasteiger partial charge in [0.2, 0.25) is 0 Å². The van der Waals surface area contributed by atoms with Crippen molar-refractivity contribution >= 4 is 38.5 Å². The first kappa shape index (κ1) is 19.3. The van der Waals surface area contributed by atoms with E-state index in [1.54, 1.807) is 18.2 Å². The molecule has 3 aromatic rings. The highest BCUT2D eigenvalue weighted by atomic mass is 79.9. The van der Waals surface area contributed by atoms with E-state index in [0.29, 0.717) is 21.9 Å². The summed E-state index contributed by atoms with van der Waals surface area (Å²) in [5.41, 5.74) is 0.949. The Kier molecular flexibility index (Phi) is 4.89. The molecule has 28 heavy (non-hydrogen) atoms. The zero-order chi connectivity index (χ0) is 20.2. The Bertz CT molecular complexity index is 1140. The Balaban J connectivity index is 2.02. The number of rotatable bonds is 2. The van der Waals surface area contributed by atoms with Gasteiger partial charge in [-0.25, -0.2) is 0 Å². The van der Waals surface area contributed by atoms with Gasteiger partial charge in [-0.15, -0.1) is 0 Å². The van der Waals surface area contributed by atoms with Gasteiger partial charge < -0.3 is 19.5 Å².